The molecule has 4 N–H and O–H groups in total. The van der Waals surface area contributed by atoms with Crippen molar-refractivity contribution >= 4 is 40.3 Å². The van der Waals surface area contributed by atoms with Crippen LogP contribution in [0.5, 0.6) is 0 Å². The highest BCUT2D eigenvalue weighted by Crippen LogP contribution is 2.27. The summed E-state index contributed by atoms with van der Waals surface area (Å²) >= 11 is 0. The van der Waals surface area contributed by atoms with Crippen molar-refractivity contribution in [2.75, 3.05) is 54.7 Å². The minimum atomic E-state index is 0.269. The zero-order valence-corrected chi connectivity index (χ0v) is 15.4. The van der Waals surface area contributed by atoms with Gasteiger partial charge in [0, 0.05) is 46.6 Å². The average Bonchev–Trinajstić information content (AvgIpc) is 2.66. The predicted octanol–water partition coefficient (Wildman–Crippen LogP) is 0.564. The molecule has 0 bridgehead atoms. The van der Waals surface area contributed by atoms with Gasteiger partial charge in [-0.3, -0.25) is 9.80 Å². The van der Waals surface area contributed by atoms with Gasteiger partial charge in [0.25, 0.3) is 0 Å². The molecule has 0 aliphatic carbocycles. The number of hydrogen-bond acceptors (Lipinski definition) is 10. The molecule has 0 aromatic carbocycles. The van der Waals surface area contributed by atoms with E-state index in [9.17, 15) is 4.79 Å². The van der Waals surface area contributed by atoms with Gasteiger partial charge in [0.2, 0.25) is 11.9 Å². The van der Waals surface area contributed by atoms with Crippen molar-refractivity contribution in [2.45, 2.75) is 26.2 Å². The molecule has 1 fully saturated rings. The molecular weight excluding hydrogens is 334 g/mol. The third kappa shape index (κ3) is 3.59. The highest BCUT2D eigenvalue weighted by Gasteiger charge is 2.22. The number of fused-ring (bicyclic) bond motifs is 1. The van der Waals surface area contributed by atoms with Crippen molar-refractivity contribution in [3.8, 4) is 0 Å². The summed E-state index contributed by atoms with van der Waals surface area (Å²) in [5, 5.41) is 4.80. The number of nitrogens with zero attached hydrogens (tertiary/aromatic N) is 6. The lowest BCUT2D eigenvalue weighted by molar-refractivity contribution is -0.119. The molecule has 0 spiro atoms. The van der Waals surface area contributed by atoms with Crippen LogP contribution in [0.4, 0.5) is 23.5 Å². The third-order valence-corrected chi connectivity index (χ3v) is 4.29. The molecule has 2 aromatic rings. The van der Waals surface area contributed by atoms with E-state index in [2.05, 4.69) is 37.6 Å². The Bertz CT molecular complexity index is 800. The summed E-state index contributed by atoms with van der Waals surface area (Å²) in [5.74, 6) is 2.14. The number of ketones is 1. The number of piperidine rings is 1. The number of hydrazine groups is 1. The number of rotatable bonds is 6. The number of nitrogen functional groups attached to an aromatic ring is 1. The fourth-order valence-electron chi connectivity index (χ4n) is 2.79. The monoisotopic (exact) mass is 359 g/mol. The largest absolute Gasteiger partial charge is 0.382 e. The topological polar surface area (TPSA) is 125 Å². The second-order valence-electron chi connectivity index (χ2n) is 6.22. The second kappa shape index (κ2) is 7.65. The molecule has 3 heterocycles. The van der Waals surface area contributed by atoms with Crippen LogP contribution < -0.4 is 26.4 Å². The minimum Gasteiger partial charge on any atom is -0.382 e. The Morgan fingerprint density at radius 3 is 2.54 bits per heavy atom. The van der Waals surface area contributed by atoms with Crippen molar-refractivity contribution < 1.29 is 4.79 Å². The fourth-order valence-corrected chi connectivity index (χ4v) is 2.79. The first-order valence-electron chi connectivity index (χ1n) is 8.80. The van der Waals surface area contributed by atoms with Crippen LogP contribution in [0.25, 0.3) is 11.0 Å². The standard InChI is InChI=1S/C16H25N9O/c1-4-7-19-24(3)15-21-12-11(13(17)22-15)20-16(23-14(12)18-2)25-8-5-10(26)6-9-25/h19H,4-9H2,1-3H3,(H2,17,21,22)(H,18,20,23). The molecule has 0 atom stereocenters. The first-order chi connectivity index (χ1) is 12.5. The van der Waals surface area contributed by atoms with Gasteiger partial charge >= 0.3 is 0 Å². The predicted molar refractivity (Wildman–Crippen MR) is 102 cm³/mol. The highest BCUT2D eigenvalue weighted by atomic mass is 16.1. The Balaban J connectivity index is 2.00. The molecule has 2 aromatic heterocycles. The molecule has 10 nitrogen and oxygen atoms in total. The summed E-state index contributed by atoms with van der Waals surface area (Å²) < 4.78 is 0. The summed E-state index contributed by atoms with van der Waals surface area (Å²) in [6.45, 7) is 4.10. The van der Waals surface area contributed by atoms with Crippen LogP contribution in [-0.4, -0.2) is 59.4 Å². The van der Waals surface area contributed by atoms with Gasteiger partial charge in [-0.05, 0) is 6.42 Å². The van der Waals surface area contributed by atoms with Crippen LogP contribution in [0.3, 0.4) is 0 Å². The first kappa shape index (κ1) is 18.1. The van der Waals surface area contributed by atoms with Crippen LogP contribution in [0.1, 0.15) is 26.2 Å². The Labute approximate surface area is 152 Å². The van der Waals surface area contributed by atoms with E-state index in [1.807, 2.05) is 11.9 Å². The number of aromatic nitrogens is 4. The van der Waals surface area contributed by atoms with Crippen LogP contribution >= 0.6 is 0 Å². The smallest absolute Gasteiger partial charge is 0.242 e. The Morgan fingerprint density at radius 1 is 1.15 bits per heavy atom. The Kier molecular flexibility index (Phi) is 5.31. The van der Waals surface area contributed by atoms with Gasteiger partial charge in [0.15, 0.2) is 11.6 Å². The molecular formula is C16H25N9O. The maximum absolute atomic E-state index is 11.5. The van der Waals surface area contributed by atoms with Crippen LogP contribution in [0.2, 0.25) is 0 Å². The van der Waals surface area contributed by atoms with Crippen molar-refractivity contribution in [1.29, 1.82) is 0 Å². The quantitative estimate of drug-likeness (QED) is 0.630. The molecule has 0 saturated carbocycles. The molecule has 0 amide bonds. The van der Waals surface area contributed by atoms with Crippen molar-refractivity contribution in [2.24, 2.45) is 0 Å². The summed E-state index contributed by atoms with van der Waals surface area (Å²) in [5.41, 5.74) is 10.4. The third-order valence-electron chi connectivity index (χ3n) is 4.29. The number of Topliss-reactive ketones (excluding diaryl/α,β-unsaturated/α-hetero) is 1. The lowest BCUT2D eigenvalue weighted by Gasteiger charge is -2.26. The van der Waals surface area contributed by atoms with E-state index in [-0.39, 0.29) is 5.78 Å². The molecule has 1 saturated heterocycles. The summed E-state index contributed by atoms with van der Waals surface area (Å²) in [7, 11) is 3.62. The van der Waals surface area contributed by atoms with Crippen LogP contribution in [0, 0.1) is 0 Å². The number of nitrogens with two attached hydrogens (primary N) is 1. The van der Waals surface area contributed by atoms with E-state index < -0.39 is 0 Å². The number of anilines is 4. The van der Waals surface area contributed by atoms with Crippen molar-refractivity contribution in [3.63, 3.8) is 0 Å². The first-order valence-corrected chi connectivity index (χ1v) is 8.80. The maximum atomic E-state index is 11.5. The van der Waals surface area contributed by atoms with Gasteiger partial charge in [-0.25, -0.2) is 15.4 Å². The minimum absolute atomic E-state index is 0.269. The van der Waals surface area contributed by atoms with E-state index in [1.54, 1.807) is 12.1 Å². The molecule has 0 radical (unpaired) electrons. The normalized spacial score (nSPS) is 14.7. The van der Waals surface area contributed by atoms with Crippen molar-refractivity contribution in [3.05, 3.63) is 0 Å². The van der Waals surface area contributed by atoms with Gasteiger partial charge in [-0.15, -0.1) is 0 Å². The van der Waals surface area contributed by atoms with Gasteiger partial charge in [-0.2, -0.15) is 9.97 Å². The van der Waals surface area contributed by atoms with Crippen LogP contribution in [0.15, 0.2) is 0 Å². The summed E-state index contributed by atoms with van der Waals surface area (Å²) in [4.78, 5) is 31.6. The molecule has 1 aliphatic heterocycles. The zero-order chi connectivity index (χ0) is 18.7. The van der Waals surface area contributed by atoms with Gasteiger partial charge in [-0.1, -0.05) is 6.92 Å². The molecule has 3 rings (SSSR count). The number of nitrogens with one attached hydrogen (secondary N) is 2. The zero-order valence-electron chi connectivity index (χ0n) is 15.4. The highest BCUT2D eigenvalue weighted by molar-refractivity contribution is 5.93. The molecule has 140 valence electrons. The maximum Gasteiger partial charge on any atom is 0.242 e. The van der Waals surface area contributed by atoms with E-state index in [0.717, 1.165) is 13.0 Å². The summed E-state index contributed by atoms with van der Waals surface area (Å²) in [6.07, 6.45) is 2.00. The van der Waals surface area contributed by atoms with E-state index in [0.29, 0.717) is 60.5 Å². The Morgan fingerprint density at radius 2 is 1.88 bits per heavy atom. The molecule has 26 heavy (non-hydrogen) atoms. The lowest BCUT2D eigenvalue weighted by Crippen LogP contribution is -2.36. The van der Waals surface area contributed by atoms with E-state index in [1.165, 1.54) is 0 Å². The van der Waals surface area contributed by atoms with Gasteiger partial charge in [0.1, 0.15) is 16.8 Å². The van der Waals surface area contributed by atoms with E-state index >= 15 is 0 Å². The molecule has 1 aliphatic rings. The lowest BCUT2D eigenvalue weighted by atomic mass is 10.1. The number of hydrogen-bond donors (Lipinski definition) is 3. The number of carbonyl (C=O) groups excluding carboxylic acids is 1. The molecule has 0 unspecified atom stereocenters. The number of carbonyl (C=O) groups is 1. The fraction of sp³-hybridized carbons (Fsp3) is 0.562. The van der Waals surface area contributed by atoms with Crippen molar-refractivity contribution in [1.82, 2.24) is 25.4 Å². The van der Waals surface area contributed by atoms with Gasteiger partial charge in [0.05, 0.1) is 0 Å². The van der Waals surface area contributed by atoms with E-state index in [4.69, 9.17) is 5.73 Å². The van der Waals surface area contributed by atoms with Crippen LogP contribution in [-0.2, 0) is 4.79 Å². The SMILES string of the molecule is CCCNN(C)c1nc(N)c2nc(N3CCC(=O)CC3)nc(NC)c2n1. The Hall–Kier alpha value is -2.75. The van der Waals surface area contributed by atoms with Gasteiger partial charge < -0.3 is 16.0 Å². The second-order valence-corrected chi connectivity index (χ2v) is 6.22. The molecule has 10 heteroatoms. The summed E-state index contributed by atoms with van der Waals surface area (Å²) in [6, 6.07) is 0. The average molecular weight is 359 g/mol.